The van der Waals surface area contributed by atoms with Crippen LogP contribution in [0.1, 0.15) is 11.1 Å². The van der Waals surface area contributed by atoms with Crippen LogP contribution in [0.2, 0.25) is 6.32 Å². The molecule has 0 amide bonds. The summed E-state index contributed by atoms with van der Waals surface area (Å²) in [6.45, 7) is 5.11. The van der Waals surface area contributed by atoms with Crippen molar-refractivity contribution in [3.63, 3.8) is 0 Å². The molecule has 2 aromatic carbocycles. The summed E-state index contributed by atoms with van der Waals surface area (Å²) >= 11 is 0. The van der Waals surface area contributed by atoms with Crippen molar-refractivity contribution in [2.45, 2.75) is 20.2 Å². The van der Waals surface area contributed by atoms with E-state index in [0.29, 0.717) is 0 Å². The van der Waals surface area contributed by atoms with Crippen LogP contribution < -0.4 is 4.97 Å². The van der Waals surface area contributed by atoms with E-state index in [2.05, 4.69) is 56.3 Å². The fourth-order valence-electron chi connectivity index (χ4n) is 2.60. The molecule has 1 fully saturated rings. The quantitative estimate of drug-likeness (QED) is 0.757. The molecule has 0 bridgehead atoms. The van der Waals surface area contributed by atoms with E-state index in [4.69, 9.17) is 4.84 Å². The highest BCUT2D eigenvalue weighted by atomic mass is 16.7. The largest absolute Gasteiger partial charge is 0.304 e. The van der Waals surface area contributed by atoms with Gasteiger partial charge < -0.3 is 4.97 Å². The summed E-state index contributed by atoms with van der Waals surface area (Å²) in [7, 11) is 0.974. The van der Waals surface area contributed by atoms with E-state index < -0.39 is 0 Å². The maximum atomic E-state index is 5.71. The van der Waals surface area contributed by atoms with Gasteiger partial charge in [-0.2, -0.15) is 0 Å². The average Bonchev–Trinajstić information content (AvgIpc) is 2.93. The van der Waals surface area contributed by atoms with Gasteiger partial charge in [0.05, 0.1) is 12.3 Å². The predicted octanol–water partition coefficient (Wildman–Crippen LogP) is 3.49. The number of hydrogen-bond acceptors (Lipinski definition) is 2. The van der Waals surface area contributed by atoms with E-state index in [1.807, 2.05) is 4.97 Å². The minimum atomic E-state index is 0.821. The van der Waals surface area contributed by atoms with Gasteiger partial charge in [-0.25, -0.2) is 0 Å². The molecule has 0 N–H and O–H groups in total. The van der Waals surface area contributed by atoms with Crippen LogP contribution in [0.5, 0.6) is 0 Å². The second-order valence-corrected chi connectivity index (χ2v) is 5.12. The van der Waals surface area contributed by atoms with Crippen LogP contribution in [0.4, 0.5) is 5.69 Å². The van der Waals surface area contributed by atoms with E-state index in [9.17, 15) is 0 Å². The van der Waals surface area contributed by atoms with E-state index >= 15 is 0 Å². The Balaban J connectivity index is 2.13. The molecule has 0 atom stereocenters. The zero-order valence-electron chi connectivity index (χ0n) is 11.5. The van der Waals surface area contributed by atoms with E-state index in [1.165, 1.54) is 27.9 Å². The molecular formula is C16H18BNO. The first-order valence-corrected chi connectivity index (χ1v) is 6.83. The summed E-state index contributed by atoms with van der Waals surface area (Å²) in [6.07, 6.45) is 1.10. The number of nitrogens with zero attached hydrogens (tertiary/aromatic N) is 1. The highest BCUT2D eigenvalue weighted by molar-refractivity contribution is 6.41. The first kappa shape index (κ1) is 12.3. The Kier molecular flexibility index (Phi) is 3.30. The molecule has 2 aromatic rings. The molecule has 3 rings (SSSR count). The number of rotatable bonds is 2. The molecule has 0 saturated carbocycles. The van der Waals surface area contributed by atoms with Crippen LogP contribution in [-0.4, -0.2) is 14.0 Å². The van der Waals surface area contributed by atoms with Crippen LogP contribution in [0.3, 0.4) is 0 Å². The summed E-state index contributed by atoms with van der Waals surface area (Å²) < 4.78 is 0. The summed E-state index contributed by atoms with van der Waals surface area (Å²) in [5.74, 6) is 0. The van der Waals surface area contributed by atoms with Crippen LogP contribution in [0.15, 0.2) is 42.5 Å². The molecule has 19 heavy (non-hydrogen) atoms. The molecule has 1 heterocycles. The smallest absolute Gasteiger partial charge is 0.275 e. The summed E-state index contributed by atoms with van der Waals surface area (Å²) in [5.41, 5.74) is 6.31. The maximum absolute atomic E-state index is 5.71. The second kappa shape index (κ2) is 5.10. The molecule has 2 nitrogen and oxygen atoms in total. The molecule has 96 valence electrons. The third kappa shape index (κ3) is 2.38. The average molecular weight is 251 g/mol. The lowest BCUT2D eigenvalue weighted by atomic mass is 9.88. The van der Waals surface area contributed by atoms with Crippen LogP contribution in [0, 0.1) is 13.8 Å². The minimum Gasteiger partial charge on any atom is -0.304 e. The highest BCUT2D eigenvalue weighted by Crippen LogP contribution is 2.34. The van der Waals surface area contributed by atoms with E-state index in [0.717, 1.165) is 20.3 Å². The first-order chi connectivity index (χ1) is 9.25. The van der Waals surface area contributed by atoms with Crippen molar-refractivity contribution in [2.75, 3.05) is 11.6 Å². The highest BCUT2D eigenvalue weighted by Gasteiger charge is 2.19. The van der Waals surface area contributed by atoms with Gasteiger partial charge in [-0.05, 0) is 43.4 Å². The van der Waals surface area contributed by atoms with Crippen molar-refractivity contribution < 1.29 is 4.84 Å². The van der Waals surface area contributed by atoms with Gasteiger partial charge in [0.25, 0.3) is 7.41 Å². The molecule has 0 aromatic heterocycles. The lowest BCUT2D eigenvalue weighted by Crippen LogP contribution is -2.20. The van der Waals surface area contributed by atoms with E-state index in [-0.39, 0.29) is 0 Å². The lowest BCUT2D eigenvalue weighted by molar-refractivity contribution is 0.185. The van der Waals surface area contributed by atoms with Gasteiger partial charge in [0.2, 0.25) is 0 Å². The van der Waals surface area contributed by atoms with Crippen molar-refractivity contribution in [3.8, 4) is 11.1 Å². The van der Waals surface area contributed by atoms with Crippen molar-refractivity contribution in [1.82, 2.24) is 0 Å². The van der Waals surface area contributed by atoms with Gasteiger partial charge in [0.1, 0.15) is 0 Å². The Morgan fingerprint density at radius 2 is 1.89 bits per heavy atom. The molecule has 0 aliphatic carbocycles. The third-order valence-corrected chi connectivity index (χ3v) is 3.61. The molecule has 1 aliphatic heterocycles. The van der Waals surface area contributed by atoms with Crippen LogP contribution in [-0.2, 0) is 4.84 Å². The van der Waals surface area contributed by atoms with Crippen LogP contribution >= 0.6 is 0 Å². The Hall–Kier alpha value is -1.74. The summed E-state index contributed by atoms with van der Waals surface area (Å²) in [5, 5.41) is 0. The molecule has 0 radical (unpaired) electrons. The fourth-order valence-corrected chi connectivity index (χ4v) is 2.60. The van der Waals surface area contributed by atoms with Crippen molar-refractivity contribution in [1.29, 1.82) is 0 Å². The van der Waals surface area contributed by atoms with E-state index in [1.54, 1.807) is 0 Å². The minimum absolute atomic E-state index is 0.821. The number of hydrogen-bond donors (Lipinski definition) is 0. The maximum Gasteiger partial charge on any atom is 0.275 e. The molecular weight excluding hydrogens is 233 g/mol. The zero-order valence-corrected chi connectivity index (χ0v) is 11.5. The second-order valence-electron chi connectivity index (χ2n) is 5.12. The topological polar surface area (TPSA) is 12.5 Å². The van der Waals surface area contributed by atoms with Gasteiger partial charge in [-0.3, -0.25) is 4.84 Å². The fraction of sp³-hybridized carbons (Fsp3) is 0.250. The van der Waals surface area contributed by atoms with Gasteiger partial charge in [-0.15, -0.1) is 0 Å². The molecule has 1 saturated heterocycles. The monoisotopic (exact) mass is 251 g/mol. The van der Waals surface area contributed by atoms with Gasteiger partial charge in [0, 0.05) is 5.56 Å². The SMILES string of the molecule is Cc1ccc(N2BCCO2)c(-c2ccccc2C)c1. The van der Waals surface area contributed by atoms with Crippen molar-refractivity contribution >= 4 is 13.1 Å². The molecule has 1 aliphatic rings. The summed E-state index contributed by atoms with van der Waals surface area (Å²) in [6, 6.07) is 15.1. The first-order valence-electron chi connectivity index (χ1n) is 6.83. The number of aryl methyl sites for hydroxylation is 2. The Bertz CT molecular complexity index is 591. The van der Waals surface area contributed by atoms with Crippen molar-refractivity contribution in [2.24, 2.45) is 0 Å². The predicted molar refractivity (Wildman–Crippen MR) is 81.7 cm³/mol. The Morgan fingerprint density at radius 1 is 1.05 bits per heavy atom. The molecule has 0 spiro atoms. The lowest BCUT2D eigenvalue weighted by Gasteiger charge is -2.22. The number of anilines is 1. The third-order valence-electron chi connectivity index (χ3n) is 3.61. The standard InChI is InChI=1S/C16H18BNO/c1-12-7-8-16(18-17-9-10-19-18)15(11-12)14-6-4-3-5-13(14)2/h3-8,11,17H,9-10H2,1-2H3. The zero-order chi connectivity index (χ0) is 13.2. The normalized spacial score (nSPS) is 14.5. The van der Waals surface area contributed by atoms with Gasteiger partial charge in [0.15, 0.2) is 0 Å². The van der Waals surface area contributed by atoms with Crippen LogP contribution in [0.25, 0.3) is 11.1 Å². The molecule has 3 heteroatoms. The van der Waals surface area contributed by atoms with Gasteiger partial charge >= 0.3 is 0 Å². The number of benzene rings is 2. The van der Waals surface area contributed by atoms with Gasteiger partial charge in [-0.1, -0.05) is 35.9 Å². The molecule has 0 unspecified atom stereocenters. The Morgan fingerprint density at radius 3 is 2.63 bits per heavy atom. The Labute approximate surface area is 115 Å². The van der Waals surface area contributed by atoms with Crippen molar-refractivity contribution in [3.05, 3.63) is 53.6 Å². The summed E-state index contributed by atoms with van der Waals surface area (Å²) in [4.78, 5) is 7.74.